The van der Waals surface area contributed by atoms with Gasteiger partial charge in [-0.15, -0.1) is 0 Å². The van der Waals surface area contributed by atoms with Gasteiger partial charge in [0.15, 0.2) is 0 Å². The molecule has 0 aliphatic rings. The minimum atomic E-state index is -0.577. The Morgan fingerprint density at radius 2 is 1.95 bits per heavy atom. The van der Waals surface area contributed by atoms with Crippen molar-refractivity contribution in [1.82, 2.24) is 10.3 Å². The third-order valence-electron chi connectivity index (χ3n) is 3.52. The van der Waals surface area contributed by atoms with Crippen LogP contribution in [-0.4, -0.2) is 18.1 Å². The predicted molar refractivity (Wildman–Crippen MR) is 89.7 cm³/mol. The number of nitrogens with two attached hydrogens (primary N) is 1. The van der Waals surface area contributed by atoms with Crippen molar-refractivity contribution in [3.63, 3.8) is 0 Å². The molecule has 1 heterocycles. The number of hydrogen-bond acceptors (Lipinski definition) is 2. The maximum absolute atomic E-state index is 10.9. The number of carbonyl (C=O) groups is 1. The number of fused-ring (bicyclic) bond motifs is 1. The molecule has 112 valence electrons. The molecule has 0 aliphatic carbocycles. The molecule has 0 aliphatic heterocycles. The standard InChI is InChI=1S/C17H18N4O/c1-19-10-11-3-2-4-12(7-11)13-5-6-14-9-16(21-17(18)22)20-15(14)8-13/h2-9,19-20H,10H2,1H3,(H3,18,21,22). The molecule has 1 aromatic heterocycles. The molecule has 0 bridgehead atoms. The predicted octanol–water partition coefficient (Wildman–Crippen LogP) is 3.04. The van der Waals surface area contributed by atoms with Gasteiger partial charge in [-0.05, 0) is 41.9 Å². The molecular weight excluding hydrogens is 276 g/mol. The number of primary amides is 1. The number of H-pyrrole nitrogens is 1. The highest BCUT2D eigenvalue weighted by molar-refractivity contribution is 5.93. The van der Waals surface area contributed by atoms with Gasteiger partial charge in [0.25, 0.3) is 0 Å². The third-order valence-corrected chi connectivity index (χ3v) is 3.52. The molecule has 0 spiro atoms. The first-order valence-electron chi connectivity index (χ1n) is 7.09. The zero-order valence-electron chi connectivity index (χ0n) is 12.3. The fraction of sp³-hybridized carbons (Fsp3) is 0.118. The molecule has 5 N–H and O–H groups in total. The summed E-state index contributed by atoms with van der Waals surface area (Å²) in [5, 5.41) is 6.74. The summed E-state index contributed by atoms with van der Waals surface area (Å²) < 4.78 is 0. The van der Waals surface area contributed by atoms with E-state index in [0.717, 1.165) is 28.6 Å². The number of carbonyl (C=O) groups excluding carboxylic acids is 1. The normalized spacial score (nSPS) is 10.8. The summed E-state index contributed by atoms with van der Waals surface area (Å²) in [4.78, 5) is 14.1. The zero-order valence-corrected chi connectivity index (χ0v) is 12.3. The fourth-order valence-electron chi connectivity index (χ4n) is 2.57. The van der Waals surface area contributed by atoms with Gasteiger partial charge < -0.3 is 16.0 Å². The second-order valence-corrected chi connectivity index (χ2v) is 5.21. The molecule has 0 saturated carbocycles. The van der Waals surface area contributed by atoms with Gasteiger partial charge >= 0.3 is 6.03 Å². The van der Waals surface area contributed by atoms with E-state index in [1.165, 1.54) is 5.56 Å². The Labute approximate surface area is 128 Å². The van der Waals surface area contributed by atoms with E-state index in [9.17, 15) is 4.79 Å². The van der Waals surface area contributed by atoms with Crippen molar-refractivity contribution < 1.29 is 4.79 Å². The number of aromatic amines is 1. The summed E-state index contributed by atoms with van der Waals surface area (Å²) >= 11 is 0. The van der Waals surface area contributed by atoms with Gasteiger partial charge in [-0.25, -0.2) is 4.79 Å². The summed E-state index contributed by atoms with van der Waals surface area (Å²) in [6.45, 7) is 0.839. The highest BCUT2D eigenvalue weighted by atomic mass is 16.2. The maximum Gasteiger partial charge on any atom is 0.317 e. The summed E-state index contributed by atoms with van der Waals surface area (Å²) in [5.41, 5.74) is 9.62. The first-order valence-corrected chi connectivity index (χ1v) is 7.09. The van der Waals surface area contributed by atoms with E-state index in [1.54, 1.807) is 0 Å². The smallest absolute Gasteiger partial charge is 0.317 e. The number of rotatable bonds is 4. The summed E-state index contributed by atoms with van der Waals surface area (Å²) in [6, 6.07) is 15.9. The summed E-state index contributed by atoms with van der Waals surface area (Å²) in [6.07, 6.45) is 0. The summed E-state index contributed by atoms with van der Waals surface area (Å²) in [5.74, 6) is 0.601. The van der Waals surface area contributed by atoms with Gasteiger partial charge in [-0.3, -0.25) is 5.32 Å². The molecule has 2 aromatic carbocycles. The number of amides is 2. The van der Waals surface area contributed by atoms with Crippen LogP contribution in [0, 0.1) is 0 Å². The van der Waals surface area contributed by atoms with Gasteiger partial charge in [-0.2, -0.15) is 0 Å². The quantitative estimate of drug-likeness (QED) is 0.596. The average Bonchev–Trinajstić information content (AvgIpc) is 2.88. The summed E-state index contributed by atoms with van der Waals surface area (Å²) in [7, 11) is 1.94. The van der Waals surface area contributed by atoms with Crippen LogP contribution in [0.1, 0.15) is 5.56 Å². The van der Waals surface area contributed by atoms with Gasteiger partial charge in [0.05, 0.1) is 0 Å². The highest BCUT2D eigenvalue weighted by Crippen LogP contribution is 2.26. The Bertz CT molecular complexity index is 822. The SMILES string of the molecule is CNCc1cccc(-c2ccc3cc(NC(N)=O)[nH]c3c2)c1. The van der Waals surface area contributed by atoms with Crippen LogP contribution >= 0.6 is 0 Å². The lowest BCUT2D eigenvalue weighted by Crippen LogP contribution is -2.19. The van der Waals surface area contributed by atoms with Crippen LogP contribution in [0.15, 0.2) is 48.5 Å². The van der Waals surface area contributed by atoms with E-state index in [4.69, 9.17) is 5.73 Å². The lowest BCUT2D eigenvalue weighted by Gasteiger charge is -2.05. The number of urea groups is 1. The molecule has 0 atom stereocenters. The van der Waals surface area contributed by atoms with E-state index in [0.29, 0.717) is 5.82 Å². The molecule has 3 aromatic rings. The molecular formula is C17H18N4O. The number of benzene rings is 2. The molecule has 0 unspecified atom stereocenters. The molecule has 2 amide bonds. The van der Waals surface area contributed by atoms with Crippen LogP contribution in [0.2, 0.25) is 0 Å². The Morgan fingerprint density at radius 1 is 1.14 bits per heavy atom. The van der Waals surface area contributed by atoms with Crippen molar-refractivity contribution in [1.29, 1.82) is 0 Å². The average molecular weight is 294 g/mol. The Balaban J connectivity index is 1.97. The highest BCUT2D eigenvalue weighted by Gasteiger charge is 2.05. The van der Waals surface area contributed by atoms with Crippen molar-refractivity contribution in [2.24, 2.45) is 5.73 Å². The van der Waals surface area contributed by atoms with Gasteiger partial charge in [0, 0.05) is 17.4 Å². The lowest BCUT2D eigenvalue weighted by molar-refractivity contribution is 0.259. The van der Waals surface area contributed by atoms with Gasteiger partial charge in [0.1, 0.15) is 5.82 Å². The first-order chi connectivity index (χ1) is 10.7. The van der Waals surface area contributed by atoms with Crippen molar-refractivity contribution in [2.45, 2.75) is 6.54 Å². The minimum Gasteiger partial charge on any atom is -0.351 e. The van der Waals surface area contributed by atoms with E-state index in [2.05, 4.69) is 52.0 Å². The monoisotopic (exact) mass is 294 g/mol. The van der Waals surface area contributed by atoms with Crippen LogP contribution in [0.5, 0.6) is 0 Å². The van der Waals surface area contributed by atoms with Crippen LogP contribution in [-0.2, 0) is 6.54 Å². The topological polar surface area (TPSA) is 82.9 Å². The number of nitrogens with one attached hydrogen (secondary N) is 3. The van der Waals surface area contributed by atoms with Crippen molar-refractivity contribution in [3.8, 4) is 11.1 Å². The molecule has 5 nitrogen and oxygen atoms in total. The second kappa shape index (κ2) is 5.91. The molecule has 0 saturated heterocycles. The van der Waals surface area contributed by atoms with Crippen LogP contribution in [0.25, 0.3) is 22.0 Å². The number of anilines is 1. The maximum atomic E-state index is 10.9. The van der Waals surface area contributed by atoms with Crippen molar-refractivity contribution in [3.05, 3.63) is 54.1 Å². The Hall–Kier alpha value is -2.79. The van der Waals surface area contributed by atoms with Crippen LogP contribution in [0.4, 0.5) is 10.6 Å². The van der Waals surface area contributed by atoms with E-state index < -0.39 is 6.03 Å². The van der Waals surface area contributed by atoms with Gasteiger partial charge in [-0.1, -0.05) is 30.3 Å². The minimum absolute atomic E-state index is 0.577. The lowest BCUT2D eigenvalue weighted by atomic mass is 10.0. The molecule has 0 radical (unpaired) electrons. The zero-order chi connectivity index (χ0) is 15.5. The second-order valence-electron chi connectivity index (χ2n) is 5.21. The number of aromatic nitrogens is 1. The van der Waals surface area contributed by atoms with E-state index >= 15 is 0 Å². The Kier molecular flexibility index (Phi) is 3.80. The molecule has 3 rings (SSSR count). The molecule has 22 heavy (non-hydrogen) atoms. The molecule has 0 fully saturated rings. The van der Waals surface area contributed by atoms with Crippen LogP contribution in [0.3, 0.4) is 0 Å². The Morgan fingerprint density at radius 3 is 2.73 bits per heavy atom. The fourth-order valence-corrected chi connectivity index (χ4v) is 2.57. The first kappa shape index (κ1) is 14.2. The largest absolute Gasteiger partial charge is 0.351 e. The molecule has 5 heteroatoms. The van der Waals surface area contributed by atoms with E-state index in [1.807, 2.05) is 19.2 Å². The third kappa shape index (κ3) is 2.94. The van der Waals surface area contributed by atoms with Crippen molar-refractivity contribution >= 4 is 22.8 Å². The number of hydrogen-bond donors (Lipinski definition) is 4. The van der Waals surface area contributed by atoms with Gasteiger partial charge in [0.2, 0.25) is 0 Å². The van der Waals surface area contributed by atoms with E-state index in [-0.39, 0.29) is 0 Å². The van der Waals surface area contributed by atoms with Crippen molar-refractivity contribution in [2.75, 3.05) is 12.4 Å². The van der Waals surface area contributed by atoms with Crippen LogP contribution < -0.4 is 16.4 Å².